The van der Waals surface area contributed by atoms with E-state index in [-0.39, 0.29) is 16.7 Å². The molecule has 2 heterocycles. The number of anilines is 1. The first kappa shape index (κ1) is 21.3. The SMILES string of the molecule is Cc1cc(O)cc2c1OC1N(C)c3ccccc3C1(CCO[Si](C)(C)C(C)(C)C)C2. The lowest BCUT2D eigenvalue weighted by atomic mass is 9.71. The minimum absolute atomic E-state index is 0.0753. The summed E-state index contributed by atoms with van der Waals surface area (Å²) >= 11 is 0. The van der Waals surface area contributed by atoms with Gasteiger partial charge in [-0.3, -0.25) is 0 Å². The Morgan fingerprint density at radius 2 is 1.93 bits per heavy atom. The lowest BCUT2D eigenvalue weighted by molar-refractivity contribution is 0.0767. The first-order valence-electron chi connectivity index (χ1n) is 10.9. The Bertz CT molecular complexity index is 965. The van der Waals surface area contributed by atoms with Crippen LogP contribution in [0.4, 0.5) is 5.69 Å². The average Bonchev–Trinajstić information content (AvgIpc) is 2.88. The number of phenolic OH excluding ortho intramolecular Hbond substituents is 1. The number of ether oxygens (including phenoxy) is 1. The third-order valence-electron chi connectivity index (χ3n) is 7.53. The summed E-state index contributed by atoms with van der Waals surface area (Å²) in [5, 5.41) is 10.4. The number of fused-ring (bicyclic) bond motifs is 4. The molecule has 30 heavy (non-hydrogen) atoms. The van der Waals surface area contributed by atoms with E-state index in [1.54, 1.807) is 6.07 Å². The zero-order valence-electron chi connectivity index (χ0n) is 19.4. The lowest BCUT2D eigenvalue weighted by Gasteiger charge is -2.44. The van der Waals surface area contributed by atoms with Crippen molar-refractivity contribution < 1.29 is 14.3 Å². The fourth-order valence-electron chi connectivity index (χ4n) is 4.84. The van der Waals surface area contributed by atoms with Crippen LogP contribution in [-0.4, -0.2) is 33.3 Å². The molecule has 0 aromatic heterocycles. The fraction of sp³-hybridized carbons (Fsp3) is 0.520. The van der Waals surface area contributed by atoms with Gasteiger partial charge in [0.2, 0.25) is 0 Å². The third-order valence-corrected chi connectivity index (χ3v) is 12.1. The number of hydrogen-bond donors (Lipinski definition) is 1. The first-order chi connectivity index (χ1) is 14.0. The van der Waals surface area contributed by atoms with Gasteiger partial charge in [0.25, 0.3) is 0 Å². The standard InChI is InChI=1S/C25H35NO3Si/c1-17-14-19(27)15-18-16-25(12-13-28-30(6,7)24(2,3)4)20-10-8-9-11-21(20)26(5)23(25)29-22(17)18/h8-11,14-15,23,27H,12-13,16H2,1-7H3. The van der Waals surface area contributed by atoms with Crippen LogP contribution in [0.15, 0.2) is 36.4 Å². The van der Waals surface area contributed by atoms with Gasteiger partial charge in [0.1, 0.15) is 11.5 Å². The molecule has 0 aliphatic carbocycles. The fourth-order valence-corrected chi connectivity index (χ4v) is 5.88. The maximum Gasteiger partial charge on any atom is 0.191 e. The van der Waals surface area contributed by atoms with Crippen molar-refractivity contribution in [2.24, 2.45) is 0 Å². The van der Waals surface area contributed by atoms with Crippen molar-refractivity contribution in [2.45, 2.75) is 70.3 Å². The number of likely N-dealkylation sites (N-methyl/N-ethyl adjacent to an activating group) is 1. The van der Waals surface area contributed by atoms with E-state index in [0.29, 0.717) is 12.4 Å². The molecule has 162 valence electrons. The van der Waals surface area contributed by atoms with Gasteiger partial charge in [-0.15, -0.1) is 0 Å². The zero-order valence-corrected chi connectivity index (χ0v) is 20.4. The Hall–Kier alpha value is -1.98. The number of benzene rings is 2. The molecule has 2 aliphatic rings. The molecule has 2 aromatic carbocycles. The van der Waals surface area contributed by atoms with Gasteiger partial charge in [0.05, 0.1) is 5.41 Å². The molecule has 0 fully saturated rings. The van der Waals surface area contributed by atoms with E-state index >= 15 is 0 Å². The van der Waals surface area contributed by atoms with Crippen LogP contribution in [0.2, 0.25) is 18.1 Å². The van der Waals surface area contributed by atoms with Crippen LogP contribution < -0.4 is 9.64 Å². The van der Waals surface area contributed by atoms with Gasteiger partial charge in [-0.25, -0.2) is 0 Å². The predicted octanol–water partition coefficient (Wildman–Crippen LogP) is 5.76. The molecule has 1 N–H and O–H groups in total. The maximum atomic E-state index is 10.2. The second kappa shape index (κ2) is 7.03. The molecule has 0 radical (unpaired) electrons. The van der Waals surface area contributed by atoms with E-state index < -0.39 is 8.32 Å². The maximum absolute atomic E-state index is 10.2. The smallest absolute Gasteiger partial charge is 0.191 e. The highest BCUT2D eigenvalue weighted by Gasteiger charge is 2.54. The topological polar surface area (TPSA) is 41.9 Å². The van der Waals surface area contributed by atoms with Crippen molar-refractivity contribution in [3.8, 4) is 11.5 Å². The van der Waals surface area contributed by atoms with Gasteiger partial charge in [-0.1, -0.05) is 39.0 Å². The minimum atomic E-state index is -1.83. The summed E-state index contributed by atoms with van der Waals surface area (Å²) in [6.07, 6.45) is 1.65. The highest BCUT2D eigenvalue weighted by molar-refractivity contribution is 6.74. The van der Waals surface area contributed by atoms with Crippen LogP contribution in [0, 0.1) is 6.92 Å². The summed E-state index contributed by atoms with van der Waals surface area (Å²) in [6, 6.07) is 12.3. The van der Waals surface area contributed by atoms with Crippen molar-refractivity contribution >= 4 is 14.0 Å². The predicted molar refractivity (Wildman–Crippen MR) is 125 cm³/mol. The quantitative estimate of drug-likeness (QED) is 0.632. The molecule has 2 aromatic rings. The van der Waals surface area contributed by atoms with Gasteiger partial charge in [0, 0.05) is 19.3 Å². The summed E-state index contributed by atoms with van der Waals surface area (Å²) in [5.41, 5.74) is 4.43. The van der Waals surface area contributed by atoms with Crippen LogP contribution in [0.3, 0.4) is 0 Å². The van der Waals surface area contributed by atoms with E-state index in [1.165, 1.54) is 11.3 Å². The van der Waals surface area contributed by atoms with Gasteiger partial charge in [0.15, 0.2) is 14.5 Å². The number of phenols is 1. The monoisotopic (exact) mass is 425 g/mol. The number of nitrogens with zero attached hydrogens (tertiary/aromatic N) is 1. The van der Waals surface area contributed by atoms with E-state index in [0.717, 1.165) is 29.7 Å². The van der Waals surface area contributed by atoms with Crippen molar-refractivity contribution in [3.05, 3.63) is 53.1 Å². The van der Waals surface area contributed by atoms with E-state index in [1.807, 2.05) is 13.0 Å². The van der Waals surface area contributed by atoms with Crippen molar-refractivity contribution in [3.63, 3.8) is 0 Å². The van der Waals surface area contributed by atoms with Crippen LogP contribution >= 0.6 is 0 Å². The van der Waals surface area contributed by atoms with Gasteiger partial charge >= 0.3 is 0 Å². The summed E-state index contributed by atoms with van der Waals surface area (Å²) in [5.74, 6) is 1.22. The molecule has 5 heteroatoms. The van der Waals surface area contributed by atoms with E-state index in [9.17, 15) is 5.11 Å². The van der Waals surface area contributed by atoms with E-state index in [2.05, 4.69) is 70.1 Å². The number of aromatic hydroxyl groups is 1. The van der Waals surface area contributed by atoms with Crippen molar-refractivity contribution in [1.82, 2.24) is 0 Å². The molecule has 0 bridgehead atoms. The second-order valence-electron chi connectivity index (χ2n) is 10.5. The molecule has 4 rings (SSSR count). The molecule has 0 saturated carbocycles. The van der Waals surface area contributed by atoms with Crippen LogP contribution in [0.5, 0.6) is 11.5 Å². The Labute approximate surface area is 182 Å². The molecule has 4 nitrogen and oxygen atoms in total. The third kappa shape index (κ3) is 3.23. The summed E-state index contributed by atoms with van der Waals surface area (Å²) < 4.78 is 13.3. The van der Waals surface area contributed by atoms with E-state index in [4.69, 9.17) is 9.16 Å². The summed E-state index contributed by atoms with van der Waals surface area (Å²) in [6.45, 7) is 14.2. The van der Waals surface area contributed by atoms with Crippen molar-refractivity contribution in [1.29, 1.82) is 0 Å². The summed E-state index contributed by atoms with van der Waals surface area (Å²) in [4.78, 5) is 2.27. The molecule has 2 atom stereocenters. The largest absolute Gasteiger partial charge is 0.508 e. The normalized spacial score (nSPS) is 22.9. The Balaban J connectivity index is 1.73. The van der Waals surface area contributed by atoms with Crippen LogP contribution in [0.1, 0.15) is 43.9 Å². The number of para-hydroxylation sites is 1. The molecule has 0 saturated heterocycles. The van der Waals surface area contributed by atoms with Gasteiger partial charge in [-0.05, 0) is 72.8 Å². The second-order valence-corrected chi connectivity index (χ2v) is 15.4. The summed E-state index contributed by atoms with van der Waals surface area (Å²) in [7, 11) is 0.296. The number of hydrogen-bond acceptors (Lipinski definition) is 4. The highest BCUT2D eigenvalue weighted by atomic mass is 28.4. The van der Waals surface area contributed by atoms with Gasteiger partial charge < -0.3 is 19.2 Å². The molecule has 0 amide bonds. The molecule has 2 aliphatic heterocycles. The molecule has 0 spiro atoms. The van der Waals surface area contributed by atoms with Crippen LogP contribution in [0.25, 0.3) is 0 Å². The highest BCUT2D eigenvalue weighted by Crippen LogP contribution is 2.54. The average molecular weight is 426 g/mol. The minimum Gasteiger partial charge on any atom is -0.508 e. The molecular formula is C25H35NO3Si. The zero-order chi connectivity index (χ0) is 21.9. The Morgan fingerprint density at radius 3 is 2.63 bits per heavy atom. The molecular weight excluding hydrogens is 390 g/mol. The van der Waals surface area contributed by atoms with Crippen molar-refractivity contribution in [2.75, 3.05) is 18.6 Å². The van der Waals surface area contributed by atoms with Crippen LogP contribution in [-0.2, 0) is 16.3 Å². The number of rotatable bonds is 4. The number of aryl methyl sites for hydroxylation is 1. The Kier molecular flexibility index (Phi) is 4.98. The van der Waals surface area contributed by atoms with Gasteiger partial charge in [-0.2, -0.15) is 0 Å². The first-order valence-corrected chi connectivity index (χ1v) is 13.8. The molecule has 2 unspecified atom stereocenters. The Morgan fingerprint density at radius 1 is 1.23 bits per heavy atom. The lowest BCUT2D eigenvalue weighted by Crippen LogP contribution is -2.52.